The van der Waals surface area contributed by atoms with Gasteiger partial charge in [0, 0.05) is 19.8 Å². The molecule has 0 amide bonds. The number of nitrogens with one attached hydrogen (secondary N) is 2. The Labute approximate surface area is 87.9 Å². The number of rotatable bonds is 2. The Morgan fingerprint density at radius 3 is 2.36 bits per heavy atom. The molecule has 0 spiro atoms. The maximum absolute atomic E-state index is 12.5. The largest absolute Gasteiger partial charge is 0.332 e. The Morgan fingerprint density at radius 1 is 1.29 bits per heavy atom. The first kappa shape index (κ1) is 10.9. The number of thiocarbonyl (C=S) groups is 1. The Bertz CT molecular complexity index is 310. The van der Waals surface area contributed by atoms with Crippen LogP contribution in [0.2, 0.25) is 0 Å². The van der Waals surface area contributed by atoms with Crippen molar-refractivity contribution in [2.45, 2.75) is 0 Å². The van der Waals surface area contributed by atoms with Gasteiger partial charge in [0.25, 0.3) is 0 Å². The number of anilines is 1. The molecule has 0 aliphatic rings. The molecule has 0 saturated carbocycles. The normalized spacial score (nSPS) is 10.0. The minimum atomic E-state index is -0.262. The van der Waals surface area contributed by atoms with E-state index in [-0.39, 0.29) is 5.82 Å². The number of nitrogens with zero attached hydrogens (tertiary/aromatic N) is 1. The molecule has 1 rings (SSSR count). The molecule has 0 heterocycles. The van der Waals surface area contributed by atoms with Gasteiger partial charge < -0.3 is 5.32 Å². The maximum atomic E-state index is 12.5. The highest BCUT2D eigenvalue weighted by atomic mass is 32.1. The van der Waals surface area contributed by atoms with E-state index in [1.165, 1.54) is 12.1 Å². The minimum absolute atomic E-state index is 0.262. The highest BCUT2D eigenvalue weighted by molar-refractivity contribution is 7.80. The van der Waals surface area contributed by atoms with Crippen molar-refractivity contribution in [3.63, 3.8) is 0 Å². The Morgan fingerprint density at radius 2 is 1.86 bits per heavy atom. The summed E-state index contributed by atoms with van der Waals surface area (Å²) in [5.41, 5.74) is 3.62. The van der Waals surface area contributed by atoms with Gasteiger partial charge in [0.1, 0.15) is 5.82 Å². The summed E-state index contributed by atoms with van der Waals surface area (Å²) >= 11 is 4.99. The Hall–Kier alpha value is -1.20. The minimum Gasteiger partial charge on any atom is -0.332 e. The van der Waals surface area contributed by atoms with Crippen molar-refractivity contribution in [1.29, 1.82) is 0 Å². The number of hydrazine groups is 1. The zero-order chi connectivity index (χ0) is 10.6. The smallest absolute Gasteiger partial charge is 0.185 e. The molecule has 0 atom stereocenters. The average molecular weight is 213 g/mol. The lowest BCUT2D eigenvalue weighted by Crippen LogP contribution is -2.38. The van der Waals surface area contributed by atoms with Crippen LogP contribution in [0.1, 0.15) is 0 Å². The van der Waals surface area contributed by atoms with Crippen molar-refractivity contribution in [3.8, 4) is 0 Å². The molecule has 14 heavy (non-hydrogen) atoms. The molecule has 0 aliphatic heterocycles. The highest BCUT2D eigenvalue weighted by Crippen LogP contribution is 2.07. The van der Waals surface area contributed by atoms with Crippen LogP contribution in [-0.2, 0) is 0 Å². The van der Waals surface area contributed by atoms with Gasteiger partial charge in [-0.1, -0.05) is 0 Å². The van der Waals surface area contributed by atoms with Gasteiger partial charge in [0.2, 0.25) is 0 Å². The molecule has 1 aromatic rings. The van der Waals surface area contributed by atoms with Crippen molar-refractivity contribution < 1.29 is 4.39 Å². The molecule has 0 aromatic heterocycles. The second kappa shape index (κ2) is 4.88. The van der Waals surface area contributed by atoms with Crippen molar-refractivity contribution in [3.05, 3.63) is 30.1 Å². The van der Waals surface area contributed by atoms with Gasteiger partial charge in [-0.2, -0.15) is 0 Å². The first-order valence-corrected chi connectivity index (χ1v) is 4.49. The zero-order valence-corrected chi connectivity index (χ0v) is 8.86. The molecule has 1 aromatic carbocycles. The summed E-state index contributed by atoms with van der Waals surface area (Å²) in [6.45, 7) is 0. The monoisotopic (exact) mass is 213 g/mol. The van der Waals surface area contributed by atoms with E-state index in [4.69, 9.17) is 12.2 Å². The first-order valence-electron chi connectivity index (χ1n) is 4.08. The third kappa shape index (κ3) is 3.68. The molecule has 2 N–H and O–H groups in total. The van der Waals surface area contributed by atoms with Crippen LogP contribution in [-0.4, -0.2) is 24.2 Å². The topological polar surface area (TPSA) is 27.3 Å². The predicted molar refractivity (Wildman–Crippen MR) is 59.4 cm³/mol. The SMILES string of the molecule is CN(C)NC(=S)Nc1ccc(F)cc1. The Balaban J connectivity index is 2.52. The maximum Gasteiger partial charge on any atom is 0.185 e. The van der Waals surface area contributed by atoms with E-state index >= 15 is 0 Å². The lowest BCUT2D eigenvalue weighted by Gasteiger charge is -2.15. The summed E-state index contributed by atoms with van der Waals surface area (Å²) in [6.07, 6.45) is 0. The van der Waals surface area contributed by atoms with Crippen LogP contribution in [0.15, 0.2) is 24.3 Å². The van der Waals surface area contributed by atoms with Crippen LogP contribution in [0.5, 0.6) is 0 Å². The second-order valence-electron chi connectivity index (χ2n) is 2.97. The molecule has 3 nitrogen and oxygen atoms in total. The van der Waals surface area contributed by atoms with Gasteiger partial charge in [-0.25, -0.2) is 9.40 Å². The van der Waals surface area contributed by atoms with Gasteiger partial charge in [-0.15, -0.1) is 0 Å². The fourth-order valence-electron chi connectivity index (χ4n) is 0.895. The first-order chi connectivity index (χ1) is 6.58. The molecule has 0 unspecified atom stereocenters. The van der Waals surface area contributed by atoms with E-state index in [1.807, 2.05) is 14.1 Å². The molecule has 0 aliphatic carbocycles. The van der Waals surface area contributed by atoms with Crippen LogP contribution in [0.25, 0.3) is 0 Å². The van der Waals surface area contributed by atoms with E-state index in [1.54, 1.807) is 17.1 Å². The number of hydrogen-bond donors (Lipinski definition) is 2. The lowest BCUT2D eigenvalue weighted by molar-refractivity contribution is 0.365. The van der Waals surface area contributed by atoms with Crippen LogP contribution >= 0.6 is 12.2 Å². The molecular formula is C9H12FN3S. The van der Waals surface area contributed by atoms with Gasteiger partial charge in [0.05, 0.1) is 0 Å². The van der Waals surface area contributed by atoms with Gasteiger partial charge >= 0.3 is 0 Å². The van der Waals surface area contributed by atoms with Gasteiger partial charge in [0.15, 0.2) is 5.11 Å². The summed E-state index contributed by atoms with van der Waals surface area (Å²) in [6, 6.07) is 6.00. The van der Waals surface area contributed by atoms with E-state index in [0.717, 1.165) is 5.69 Å². The van der Waals surface area contributed by atoms with Crippen LogP contribution < -0.4 is 10.7 Å². The fraction of sp³-hybridized carbons (Fsp3) is 0.222. The molecule has 0 radical (unpaired) electrons. The predicted octanol–water partition coefficient (Wildman–Crippen LogP) is 1.59. The standard InChI is InChI=1S/C9H12FN3S/c1-13(2)12-9(14)11-8-5-3-7(10)4-6-8/h3-6H,1-2H3,(H2,11,12,14). The van der Waals surface area contributed by atoms with Crippen LogP contribution in [0.4, 0.5) is 10.1 Å². The lowest BCUT2D eigenvalue weighted by atomic mass is 10.3. The fourth-order valence-corrected chi connectivity index (χ4v) is 1.20. The van der Waals surface area contributed by atoms with Crippen LogP contribution in [0, 0.1) is 5.82 Å². The summed E-state index contributed by atoms with van der Waals surface area (Å²) < 4.78 is 12.5. The number of hydrogen-bond acceptors (Lipinski definition) is 2. The molecule has 0 bridgehead atoms. The molecule has 5 heteroatoms. The van der Waals surface area contributed by atoms with Gasteiger partial charge in [-0.05, 0) is 36.5 Å². The third-order valence-corrected chi connectivity index (χ3v) is 1.62. The molecular weight excluding hydrogens is 201 g/mol. The molecule has 0 fully saturated rings. The summed E-state index contributed by atoms with van der Waals surface area (Å²) in [5.74, 6) is -0.262. The summed E-state index contributed by atoms with van der Waals surface area (Å²) in [5, 5.41) is 5.11. The number of benzene rings is 1. The second-order valence-corrected chi connectivity index (χ2v) is 3.38. The van der Waals surface area contributed by atoms with E-state index in [2.05, 4.69) is 10.7 Å². The Kier molecular flexibility index (Phi) is 3.79. The quantitative estimate of drug-likeness (QED) is 0.576. The molecule has 0 saturated heterocycles. The molecule has 76 valence electrons. The number of halogens is 1. The van der Waals surface area contributed by atoms with Crippen molar-refractivity contribution in [1.82, 2.24) is 10.4 Å². The summed E-state index contributed by atoms with van der Waals surface area (Å²) in [4.78, 5) is 0. The zero-order valence-electron chi connectivity index (χ0n) is 8.04. The average Bonchev–Trinajstić information content (AvgIpc) is 2.07. The third-order valence-electron chi connectivity index (χ3n) is 1.43. The van der Waals surface area contributed by atoms with Crippen molar-refractivity contribution in [2.24, 2.45) is 0 Å². The van der Waals surface area contributed by atoms with E-state index in [9.17, 15) is 4.39 Å². The van der Waals surface area contributed by atoms with Crippen LogP contribution in [0.3, 0.4) is 0 Å². The summed E-state index contributed by atoms with van der Waals surface area (Å²) in [7, 11) is 3.66. The van der Waals surface area contributed by atoms with Gasteiger partial charge in [-0.3, -0.25) is 5.43 Å². The van der Waals surface area contributed by atoms with Crippen molar-refractivity contribution in [2.75, 3.05) is 19.4 Å². The highest BCUT2D eigenvalue weighted by Gasteiger charge is 1.97. The van der Waals surface area contributed by atoms with Crippen molar-refractivity contribution >= 4 is 23.0 Å². The van der Waals surface area contributed by atoms with E-state index in [0.29, 0.717) is 5.11 Å². The van der Waals surface area contributed by atoms with E-state index < -0.39 is 0 Å².